The molecule has 0 fully saturated rings. The van der Waals surface area contributed by atoms with Gasteiger partial charge in [-0.25, -0.2) is 4.79 Å². The predicted molar refractivity (Wildman–Crippen MR) is 70.1 cm³/mol. The molecule has 1 aromatic rings. The number of unbranched alkanes of at least 4 members (excludes halogenated alkanes) is 1. The van der Waals surface area contributed by atoms with E-state index < -0.39 is 11.2 Å². The van der Waals surface area contributed by atoms with Gasteiger partial charge in [0.15, 0.2) is 0 Å². The molecular weight excluding hydrogens is 250 g/mol. The normalized spacial score (nSPS) is 10.4. The van der Waals surface area contributed by atoms with Crippen LogP contribution < -0.4 is 16.6 Å². The fraction of sp³-hybridized carbons (Fsp3) is 0.583. The molecule has 1 aromatic heterocycles. The average molecular weight is 269 g/mol. The number of H-pyrrole nitrogens is 2. The van der Waals surface area contributed by atoms with E-state index in [1.165, 1.54) is 0 Å². The zero-order valence-electron chi connectivity index (χ0n) is 10.9. The van der Waals surface area contributed by atoms with E-state index in [0.29, 0.717) is 24.2 Å². The van der Waals surface area contributed by atoms with E-state index >= 15 is 0 Å². The molecule has 0 atom stereocenters. The van der Waals surface area contributed by atoms with Gasteiger partial charge in [0.2, 0.25) is 5.91 Å². The smallest absolute Gasteiger partial charge is 0.325 e. The van der Waals surface area contributed by atoms with E-state index in [1.54, 1.807) is 6.92 Å². The lowest BCUT2D eigenvalue weighted by Gasteiger charge is -2.05. The Labute approximate surface area is 110 Å². The van der Waals surface area contributed by atoms with Gasteiger partial charge in [-0.3, -0.25) is 14.6 Å². The van der Waals surface area contributed by atoms with E-state index in [0.717, 1.165) is 6.42 Å². The van der Waals surface area contributed by atoms with Crippen molar-refractivity contribution >= 4 is 5.91 Å². The molecule has 7 nitrogen and oxygen atoms in total. The van der Waals surface area contributed by atoms with Gasteiger partial charge in [0.25, 0.3) is 5.56 Å². The SMILES string of the molecule is Cc1[nH]c(=O)[nH]c(=O)c1CCC(=O)NCCCCO. The van der Waals surface area contributed by atoms with Crippen LogP contribution in [0.2, 0.25) is 0 Å². The molecule has 0 spiro atoms. The molecule has 4 N–H and O–H groups in total. The summed E-state index contributed by atoms with van der Waals surface area (Å²) < 4.78 is 0. The summed E-state index contributed by atoms with van der Waals surface area (Å²) in [6, 6.07) is 0. The largest absolute Gasteiger partial charge is 0.396 e. The van der Waals surface area contributed by atoms with E-state index in [9.17, 15) is 14.4 Å². The number of hydrogen-bond acceptors (Lipinski definition) is 4. The summed E-state index contributed by atoms with van der Waals surface area (Å²) >= 11 is 0. The van der Waals surface area contributed by atoms with Crippen LogP contribution in [0.3, 0.4) is 0 Å². The highest BCUT2D eigenvalue weighted by Gasteiger charge is 2.08. The number of amides is 1. The van der Waals surface area contributed by atoms with Crippen molar-refractivity contribution in [1.29, 1.82) is 0 Å². The lowest BCUT2D eigenvalue weighted by molar-refractivity contribution is -0.121. The van der Waals surface area contributed by atoms with Gasteiger partial charge in [-0.15, -0.1) is 0 Å². The third-order valence-corrected chi connectivity index (χ3v) is 2.76. The molecule has 106 valence electrons. The second-order valence-corrected chi connectivity index (χ2v) is 4.29. The van der Waals surface area contributed by atoms with Gasteiger partial charge in [-0.2, -0.15) is 0 Å². The minimum Gasteiger partial charge on any atom is -0.396 e. The fourth-order valence-electron chi connectivity index (χ4n) is 1.72. The Bertz CT molecular complexity index is 533. The van der Waals surface area contributed by atoms with Crippen molar-refractivity contribution in [3.8, 4) is 0 Å². The minimum atomic E-state index is -0.542. The molecule has 1 heterocycles. The molecule has 0 aliphatic carbocycles. The highest BCUT2D eigenvalue weighted by atomic mass is 16.3. The van der Waals surface area contributed by atoms with Crippen LogP contribution in [-0.2, 0) is 11.2 Å². The van der Waals surface area contributed by atoms with Crippen LogP contribution in [0, 0.1) is 6.92 Å². The first-order valence-electron chi connectivity index (χ1n) is 6.24. The number of carbonyl (C=O) groups is 1. The zero-order valence-corrected chi connectivity index (χ0v) is 10.9. The molecule has 0 aliphatic rings. The fourth-order valence-corrected chi connectivity index (χ4v) is 1.72. The Kier molecular flexibility index (Phi) is 6.01. The van der Waals surface area contributed by atoms with Crippen LogP contribution in [0.25, 0.3) is 0 Å². The van der Waals surface area contributed by atoms with Crippen molar-refractivity contribution in [2.24, 2.45) is 0 Å². The van der Waals surface area contributed by atoms with Crippen molar-refractivity contribution in [2.75, 3.05) is 13.2 Å². The molecule has 0 aromatic carbocycles. The summed E-state index contributed by atoms with van der Waals surface area (Å²) in [5.74, 6) is -0.150. The second kappa shape index (κ2) is 7.52. The molecular formula is C12H19N3O4. The molecule has 0 radical (unpaired) electrons. The third-order valence-electron chi connectivity index (χ3n) is 2.76. The Morgan fingerprint density at radius 1 is 1.26 bits per heavy atom. The standard InChI is InChI=1S/C12H19N3O4/c1-8-9(11(18)15-12(19)14-8)4-5-10(17)13-6-2-3-7-16/h16H,2-7H2,1H3,(H,13,17)(H2,14,15,18,19). The van der Waals surface area contributed by atoms with Gasteiger partial charge in [0.1, 0.15) is 0 Å². The van der Waals surface area contributed by atoms with Crippen molar-refractivity contribution in [2.45, 2.75) is 32.6 Å². The molecule has 0 bridgehead atoms. The van der Waals surface area contributed by atoms with E-state index in [1.807, 2.05) is 0 Å². The van der Waals surface area contributed by atoms with Gasteiger partial charge in [-0.05, 0) is 26.2 Å². The van der Waals surface area contributed by atoms with Crippen molar-refractivity contribution in [3.05, 3.63) is 32.1 Å². The lowest BCUT2D eigenvalue weighted by atomic mass is 10.1. The highest BCUT2D eigenvalue weighted by Crippen LogP contribution is 1.99. The third kappa shape index (κ3) is 5.09. The van der Waals surface area contributed by atoms with E-state index in [2.05, 4.69) is 15.3 Å². The first kappa shape index (κ1) is 15.2. The average Bonchev–Trinajstić information content (AvgIpc) is 2.33. The van der Waals surface area contributed by atoms with Crippen LogP contribution in [0.15, 0.2) is 9.59 Å². The van der Waals surface area contributed by atoms with Crippen LogP contribution in [-0.4, -0.2) is 34.1 Å². The first-order chi connectivity index (χ1) is 9.04. The van der Waals surface area contributed by atoms with Gasteiger partial charge in [0, 0.05) is 30.8 Å². The maximum absolute atomic E-state index is 11.5. The number of nitrogens with one attached hydrogen (secondary N) is 3. The molecule has 0 saturated heterocycles. The molecule has 0 aliphatic heterocycles. The van der Waals surface area contributed by atoms with Gasteiger partial charge in [-0.1, -0.05) is 0 Å². The molecule has 1 amide bonds. The Morgan fingerprint density at radius 2 is 2.00 bits per heavy atom. The van der Waals surface area contributed by atoms with Crippen LogP contribution >= 0.6 is 0 Å². The monoisotopic (exact) mass is 269 g/mol. The van der Waals surface area contributed by atoms with Crippen molar-refractivity contribution < 1.29 is 9.90 Å². The number of aryl methyl sites for hydroxylation is 1. The summed E-state index contributed by atoms with van der Waals surface area (Å²) in [5.41, 5.74) is -0.0824. The topological polar surface area (TPSA) is 115 Å². The van der Waals surface area contributed by atoms with Crippen LogP contribution in [0.4, 0.5) is 0 Å². The quantitative estimate of drug-likeness (QED) is 0.485. The number of aromatic amines is 2. The Morgan fingerprint density at radius 3 is 2.63 bits per heavy atom. The molecule has 7 heteroatoms. The van der Waals surface area contributed by atoms with Gasteiger partial charge < -0.3 is 15.4 Å². The number of aliphatic hydroxyl groups is 1. The molecule has 0 saturated carbocycles. The number of rotatable bonds is 7. The molecule has 0 unspecified atom stereocenters. The van der Waals surface area contributed by atoms with Crippen LogP contribution in [0.1, 0.15) is 30.5 Å². The Balaban J connectivity index is 2.47. The Hall–Kier alpha value is -1.89. The number of aliphatic hydroxyl groups excluding tert-OH is 1. The first-order valence-corrected chi connectivity index (χ1v) is 6.24. The van der Waals surface area contributed by atoms with Crippen molar-refractivity contribution in [3.63, 3.8) is 0 Å². The number of hydrogen-bond donors (Lipinski definition) is 4. The van der Waals surface area contributed by atoms with E-state index in [-0.39, 0.29) is 25.4 Å². The summed E-state index contributed by atoms with van der Waals surface area (Å²) in [5, 5.41) is 11.3. The molecule has 1 rings (SSSR count). The zero-order chi connectivity index (χ0) is 14.3. The van der Waals surface area contributed by atoms with Crippen molar-refractivity contribution in [1.82, 2.24) is 15.3 Å². The van der Waals surface area contributed by atoms with E-state index in [4.69, 9.17) is 5.11 Å². The summed E-state index contributed by atoms with van der Waals surface area (Å²) in [6.07, 6.45) is 1.85. The van der Waals surface area contributed by atoms with Gasteiger partial charge >= 0.3 is 5.69 Å². The maximum atomic E-state index is 11.5. The van der Waals surface area contributed by atoms with Gasteiger partial charge in [0.05, 0.1) is 0 Å². The van der Waals surface area contributed by atoms with Crippen LogP contribution in [0.5, 0.6) is 0 Å². The predicted octanol–water partition coefficient (Wildman–Crippen LogP) is -0.807. The number of aromatic nitrogens is 2. The lowest BCUT2D eigenvalue weighted by Crippen LogP contribution is -2.29. The summed E-state index contributed by atoms with van der Waals surface area (Å²) in [6.45, 7) is 2.26. The molecule has 19 heavy (non-hydrogen) atoms. The second-order valence-electron chi connectivity index (χ2n) is 4.29. The minimum absolute atomic E-state index is 0.113. The summed E-state index contributed by atoms with van der Waals surface area (Å²) in [7, 11) is 0. The maximum Gasteiger partial charge on any atom is 0.325 e. The number of carbonyl (C=O) groups excluding carboxylic acids is 1. The highest BCUT2D eigenvalue weighted by molar-refractivity contribution is 5.76. The summed E-state index contributed by atoms with van der Waals surface area (Å²) in [4.78, 5) is 38.7.